The quantitative estimate of drug-likeness (QED) is 0.759. The van der Waals surface area contributed by atoms with E-state index >= 15 is 0 Å². The van der Waals surface area contributed by atoms with Crippen molar-refractivity contribution in [1.82, 2.24) is 15.1 Å². The summed E-state index contributed by atoms with van der Waals surface area (Å²) in [7, 11) is 0. The second kappa shape index (κ2) is 8.76. The van der Waals surface area contributed by atoms with Crippen LogP contribution in [0.25, 0.3) is 0 Å². The molecule has 2 bridgehead atoms. The van der Waals surface area contributed by atoms with Gasteiger partial charge in [0, 0.05) is 44.6 Å². The molecule has 3 amide bonds. The molecular formula is C23H32N4O3. The summed E-state index contributed by atoms with van der Waals surface area (Å²) in [5, 5.41) is 2.92. The van der Waals surface area contributed by atoms with Gasteiger partial charge in [0.05, 0.1) is 6.04 Å². The number of hydrogen-bond donors (Lipinski definition) is 2. The number of nitrogens with one attached hydrogen (secondary N) is 1. The molecule has 4 atom stereocenters. The summed E-state index contributed by atoms with van der Waals surface area (Å²) in [6.45, 7) is 3.88. The van der Waals surface area contributed by atoms with Crippen LogP contribution in [-0.4, -0.2) is 65.8 Å². The number of amides is 3. The lowest BCUT2D eigenvalue weighted by Gasteiger charge is -2.56. The zero-order valence-electron chi connectivity index (χ0n) is 17.7. The molecule has 1 aromatic carbocycles. The van der Waals surface area contributed by atoms with Crippen LogP contribution in [0.1, 0.15) is 48.5 Å². The number of nitrogens with zero attached hydrogens (tertiary/aromatic N) is 2. The number of nitrogens with two attached hydrogens (primary N) is 1. The van der Waals surface area contributed by atoms with Crippen molar-refractivity contribution in [3.63, 3.8) is 0 Å². The third-order valence-electron chi connectivity index (χ3n) is 6.98. The van der Waals surface area contributed by atoms with Crippen LogP contribution < -0.4 is 11.1 Å². The number of hydrogen-bond acceptors (Lipinski definition) is 4. The Morgan fingerprint density at radius 2 is 1.90 bits per heavy atom. The average Bonchev–Trinajstić information content (AvgIpc) is 2.74. The molecule has 3 saturated heterocycles. The van der Waals surface area contributed by atoms with Crippen LogP contribution in [0.5, 0.6) is 0 Å². The van der Waals surface area contributed by atoms with Gasteiger partial charge in [0.15, 0.2) is 0 Å². The number of benzene rings is 1. The van der Waals surface area contributed by atoms with E-state index in [0.717, 1.165) is 31.2 Å². The number of fused-ring (bicyclic) bond motifs is 4. The molecule has 3 heterocycles. The topological polar surface area (TPSA) is 95.7 Å². The summed E-state index contributed by atoms with van der Waals surface area (Å²) >= 11 is 0. The van der Waals surface area contributed by atoms with E-state index in [4.69, 9.17) is 5.73 Å². The van der Waals surface area contributed by atoms with Crippen molar-refractivity contribution in [2.24, 2.45) is 17.6 Å². The van der Waals surface area contributed by atoms with Crippen molar-refractivity contribution in [1.29, 1.82) is 0 Å². The van der Waals surface area contributed by atoms with Gasteiger partial charge in [-0.1, -0.05) is 12.1 Å². The Bertz CT molecular complexity index is 809. The van der Waals surface area contributed by atoms with E-state index in [9.17, 15) is 14.4 Å². The Morgan fingerprint density at radius 3 is 2.60 bits per heavy atom. The smallest absolute Gasteiger partial charge is 0.253 e. The number of carbonyl (C=O) groups is 3. The maximum atomic E-state index is 13.2. The number of carbonyl (C=O) groups excluding carboxylic acids is 3. The van der Waals surface area contributed by atoms with Crippen LogP contribution in [0.15, 0.2) is 24.3 Å². The van der Waals surface area contributed by atoms with E-state index in [1.165, 1.54) is 6.92 Å². The van der Waals surface area contributed by atoms with Gasteiger partial charge in [-0.2, -0.15) is 0 Å². The van der Waals surface area contributed by atoms with E-state index in [2.05, 4.69) is 10.2 Å². The normalized spacial score (nSPS) is 28.1. The van der Waals surface area contributed by atoms with Gasteiger partial charge < -0.3 is 20.9 Å². The van der Waals surface area contributed by atoms with Crippen LogP contribution in [0.2, 0.25) is 0 Å². The molecule has 4 rings (SSSR count). The predicted octanol–water partition coefficient (Wildman–Crippen LogP) is 1.17. The standard InChI is InChI=1S/C23H32N4O3/c1-15(28)25-12-21-19-11-18(20-3-2-4-22(29)27(20)21)13-26(14-19)23(30)17-7-5-16(6-8-17)9-10-24/h5-8,18-21H,2-4,9-14,24H2,1H3,(H,25,28)/t18-,19+,20+,21+/m1/s1. The predicted molar refractivity (Wildman–Crippen MR) is 114 cm³/mol. The van der Waals surface area contributed by atoms with E-state index in [0.29, 0.717) is 44.1 Å². The van der Waals surface area contributed by atoms with Crippen LogP contribution in [0.3, 0.4) is 0 Å². The maximum Gasteiger partial charge on any atom is 0.253 e. The third kappa shape index (κ3) is 4.08. The lowest BCUT2D eigenvalue weighted by atomic mass is 9.72. The van der Waals surface area contributed by atoms with E-state index in [-0.39, 0.29) is 35.7 Å². The van der Waals surface area contributed by atoms with Crippen molar-refractivity contribution in [3.05, 3.63) is 35.4 Å². The molecule has 0 saturated carbocycles. The Morgan fingerprint density at radius 1 is 1.17 bits per heavy atom. The largest absolute Gasteiger partial charge is 0.354 e. The van der Waals surface area contributed by atoms with Crippen LogP contribution in [0.4, 0.5) is 0 Å². The molecule has 1 aromatic rings. The van der Waals surface area contributed by atoms with E-state index in [1.807, 2.05) is 29.2 Å². The van der Waals surface area contributed by atoms with Crippen LogP contribution >= 0.6 is 0 Å². The third-order valence-corrected chi connectivity index (χ3v) is 6.98. The molecule has 30 heavy (non-hydrogen) atoms. The summed E-state index contributed by atoms with van der Waals surface area (Å²) in [5.41, 5.74) is 7.45. The van der Waals surface area contributed by atoms with Gasteiger partial charge in [0.1, 0.15) is 0 Å². The van der Waals surface area contributed by atoms with Crippen LogP contribution in [0, 0.1) is 11.8 Å². The lowest BCUT2D eigenvalue weighted by molar-refractivity contribution is -0.151. The molecule has 3 aliphatic rings. The highest BCUT2D eigenvalue weighted by molar-refractivity contribution is 5.94. The van der Waals surface area contributed by atoms with Crippen molar-refractivity contribution < 1.29 is 14.4 Å². The molecule has 0 radical (unpaired) electrons. The zero-order valence-corrected chi connectivity index (χ0v) is 17.7. The molecule has 0 aliphatic carbocycles. The first-order valence-electron chi connectivity index (χ1n) is 11.1. The molecule has 0 aromatic heterocycles. The summed E-state index contributed by atoms with van der Waals surface area (Å²) in [4.78, 5) is 41.6. The Labute approximate surface area is 178 Å². The second-order valence-electron chi connectivity index (χ2n) is 8.97. The summed E-state index contributed by atoms with van der Waals surface area (Å²) in [6, 6.07) is 7.87. The van der Waals surface area contributed by atoms with Gasteiger partial charge in [-0.05, 0) is 61.8 Å². The van der Waals surface area contributed by atoms with Crippen molar-refractivity contribution >= 4 is 17.7 Å². The first kappa shape index (κ1) is 20.8. The minimum absolute atomic E-state index is 0.0366. The van der Waals surface area contributed by atoms with Gasteiger partial charge in [-0.15, -0.1) is 0 Å². The highest BCUT2D eigenvalue weighted by atomic mass is 16.2. The molecule has 3 N–H and O–H groups in total. The lowest BCUT2D eigenvalue weighted by Crippen LogP contribution is -2.67. The minimum atomic E-state index is -0.0838. The first-order chi connectivity index (χ1) is 14.5. The Balaban J connectivity index is 1.54. The van der Waals surface area contributed by atoms with Gasteiger partial charge in [0.25, 0.3) is 5.91 Å². The van der Waals surface area contributed by atoms with Gasteiger partial charge in [0.2, 0.25) is 11.8 Å². The van der Waals surface area contributed by atoms with E-state index in [1.54, 1.807) is 0 Å². The van der Waals surface area contributed by atoms with Gasteiger partial charge in [-0.25, -0.2) is 0 Å². The summed E-state index contributed by atoms with van der Waals surface area (Å²) in [6.07, 6.45) is 4.29. The molecule has 7 nitrogen and oxygen atoms in total. The molecule has 162 valence electrons. The maximum absolute atomic E-state index is 13.2. The highest BCUT2D eigenvalue weighted by Gasteiger charge is 2.50. The second-order valence-corrected chi connectivity index (χ2v) is 8.97. The molecular weight excluding hydrogens is 380 g/mol. The molecule has 3 aliphatic heterocycles. The number of likely N-dealkylation sites (tertiary alicyclic amines) is 1. The SMILES string of the molecule is CC(=O)NC[C@H]1[C@H]2C[C@H](CN(C(=O)c3ccc(CCN)cc3)C2)[C@@H]2CCCC(=O)N21. The van der Waals surface area contributed by atoms with Crippen molar-refractivity contribution in [3.8, 4) is 0 Å². The van der Waals surface area contributed by atoms with Crippen molar-refractivity contribution in [2.75, 3.05) is 26.2 Å². The fourth-order valence-corrected chi connectivity index (χ4v) is 5.61. The number of rotatable bonds is 5. The van der Waals surface area contributed by atoms with Crippen molar-refractivity contribution in [2.45, 2.75) is 51.1 Å². The van der Waals surface area contributed by atoms with Gasteiger partial charge >= 0.3 is 0 Å². The summed E-state index contributed by atoms with van der Waals surface area (Å²) in [5.74, 6) is 0.667. The highest BCUT2D eigenvalue weighted by Crippen LogP contribution is 2.41. The minimum Gasteiger partial charge on any atom is -0.354 e. The first-order valence-corrected chi connectivity index (χ1v) is 11.1. The Hall–Kier alpha value is -2.41. The Kier molecular flexibility index (Phi) is 6.09. The number of piperidine rings is 3. The molecule has 0 spiro atoms. The van der Waals surface area contributed by atoms with Crippen LogP contribution in [-0.2, 0) is 16.0 Å². The monoisotopic (exact) mass is 412 g/mol. The summed E-state index contributed by atoms with van der Waals surface area (Å²) < 4.78 is 0. The molecule has 7 heteroatoms. The fraction of sp³-hybridized carbons (Fsp3) is 0.609. The molecule has 3 fully saturated rings. The van der Waals surface area contributed by atoms with Gasteiger partial charge in [-0.3, -0.25) is 14.4 Å². The zero-order chi connectivity index (χ0) is 21.3. The fourth-order valence-electron chi connectivity index (χ4n) is 5.61. The molecule has 0 unspecified atom stereocenters. The average molecular weight is 413 g/mol. The van der Waals surface area contributed by atoms with E-state index < -0.39 is 0 Å².